The molecule has 0 bridgehead atoms. The van der Waals surface area contributed by atoms with Crippen LogP contribution in [0.15, 0.2) is 42.6 Å². The number of benzene rings is 1. The maximum atomic E-state index is 13.4. The molecule has 3 heterocycles. The van der Waals surface area contributed by atoms with E-state index in [2.05, 4.69) is 9.55 Å². The summed E-state index contributed by atoms with van der Waals surface area (Å²) in [5, 5.41) is 1.51. The Bertz CT molecular complexity index is 1460. The van der Waals surface area contributed by atoms with Crippen molar-refractivity contribution in [3.05, 3.63) is 81.6 Å². The molecule has 0 radical (unpaired) electrons. The summed E-state index contributed by atoms with van der Waals surface area (Å²) in [7, 11) is 1.35. The topological polar surface area (TPSA) is 66.2 Å². The molecule has 0 N–H and O–H groups in total. The van der Waals surface area contributed by atoms with Gasteiger partial charge in [0.2, 0.25) is 5.95 Å². The summed E-state index contributed by atoms with van der Waals surface area (Å²) in [6.07, 6.45) is 0.541. The normalized spacial score (nSPS) is 12.7. The minimum Gasteiger partial charge on any atom is -0.467 e. The van der Waals surface area contributed by atoms with Gasteiger partial charge in [0.05, 0.1) is 19.3 Å². The van der Waals surface area contributed by atoms with E-state index in [1.807, 2.05) is 65.8 Å². The molecule has 4 rings (SSSR count). The number of fused-ring (bicyclic) bond motifs is 1. The number of carbonyl (C=O) groups is 1. The molecule has 0 aliphatic heterocycles. The van der Waals surface area contributed by atoms with Crippen molar-refractivity contribution >= 4 is 28.6 Å². The number of halogens is 2. The zero-order valence-corrected chi connectivity index (χ0v) is 22.9. The lowest BCUT2D eigenvalue weighted by Crippen LogP contribution is -2.29. The van der Waals surface area contributed by atoms with Crippen LogP contribution < -0.4 is 0 Å². The molecule has 37 heavy (non-hydrogen) atoms. The molecule has 4 aromatic rings. The Labute approximate surface area is 221 Å². The van der Waals surface area contributed by atoms with E-state index in [-0.39, 0.29) is 0 Å². The van der Waals surface area contributed by atoms with E-state index < -0.39 is 23.6 Å². The Morgan fingerprint density at radius 3 is 2.35 bits per heavy atom. The van der Waals surface area contributed by atoms with Crippen LogP contribution in [0.1, 0.15) is 55.0 Å². The van der Waals surface area contributed by atoms with Crippen molar-refractivity contribution in [3.63, 3.8) is 0 Å². The van der Waals surface area contributed by atoms with Crippen LogP contribution in [0.4, 0.5) is 4.39 Å². The molecule has 6 nitrogen and oxygen atoms in total. The molecule has 0 amide bonds. The maximum Gasteiger partial charge on any atom is 0.339 e. The molecule has 194 valence electrons. The Morgan fingerprint density at radius 1 is 1.11 bits per heavy atom. The van der Waals surface area contributed by atoms with E-state index >= 15 is 0 Å². The van der Waals surface area contributed by atoms with Crippen molar-refractivity contribution in [2.24, 2.45) is 0 Å². The Balaban J connectivity index is 2.06. The minimum atomic E-state index is -0.989. The monoisotopic (exact) mass is 523 g/mol. The number of pyridine rings is 2. The van der Waals surface area contributed by atoms with Crippen LogP contribution in [0.5, 0.6) is 0 Å². The van der Waals surface area contributed by atoms with Gasteiger partial charge >= 0.3 is 5.97 Å². The van der Waals surface area contributed by atoms with E-state index in [0.717, 1.165) is 39.0 Å². The maximum absolute atomic E-state index is 13.4. The van der Waals surface area contributed by atoms with E-state index in [9.17, 15) is 9.18 Å². The predicted octanol–water partition coefficient (Wildman–Crippen LogP) is 6.89. The number of carbonyl (C=O) groups excluding carboxylic acids is 1. The summed E-state index contributed by atoms with van der Waals surface area (Å²) in [4.78, 5) is 21.9. The van der Waals surface area contributed by atoms with Crippen molar-refractivity contribution in [1.82, 2.24) is 14.5 Å². The predicted molar refractivity (Wildman–Crippen MR) is 143 cm³/mol. The standard InChI is InChI=1S/C29H31ClFN3O3/c1-16-18(3)34(15-19-8-13-22(31)32-14-19)27-23(16)25(20-9-11-21(30)12-10-20)24(17(2)33-27)26(28(35)36-7)37-29(4,5)6/h8-14,26H,15H2,1-7H3. The van der Waals surface area contributed by atoms with Gasteiger partial charge in [-0.05, 0) is 76.4 Å². The lowest BCUT2D eigenvalue weighted by Gasteiger charge is -2.29. The van der Waals surface area contributed by atoms with Crippen molar-refractivity contribution in [1.29, 1.82) is 0 Å². The van der Waals surface area contributed by atoms with Gasteiger partial charge in [0.1, 0.15) is 5.65 Å². The summed E-state index contributed by atoms with van der Waals surface area (Å²) in [5.74, 6) is -1.02. The Hall–Kier alpha value is -3.29. The fraction of sp³-hybridized carbons (Fsp3) is 0.345. The molecular weight excluding hydrogens is 493 g/mol. The first-order valence-electron chi connectivity index (χ1n) is 12.0. The van der Waals surface area contributed by atoms with Crippen LogP contribution >= 0.6 is 11.6 Å². The van der Waals surface area contributed by atoms with Crippen LogP contribution in [-0.2, 0) is 20.8 Å². The molecule has 1 atom stereocenters. The van der Waals surface area contributed by atoms with E-state index in [0.29, 0.717) is 22.8 Å². The lowest BCUT2D eigenvalue weighted by atomic mass is 9.91. The second-order valence-corrected chi connectivity index (χ2v) is 10.5. The van der Waals surface area contributed by atoms with Gasteiger partial charge in [-0.25, -0.2) is 14.8 Å². The van der Waals surface area contributed by atoms with Gasteiger partial charge in [-0.3, -0.25) is 0 Å². The molecule has 0 saturated carbocycles. The number of ether oxygens (including phenoxy) is 2. The third-order valence-electron chi connectivity index (χ3n) is 6.40. The molecule has 0 aliphatic rings. The third-order valence-corrected chi connectivity index (χ3v) is 6.65. The van der Waals surface area contributed by atoms with Crippen LogP contribution in [0.2, 0.25) is 5.02 Å². The molecule has 3 aromatic heterocycles. The number of aromatic nitrogens is 3. The van der Waals surface area contributed by atoms with Gasteiger partial charge in [-0.1, -0.05) is 29.8 Å². The third kappa shape index (κ3) is 5.38. The second kappa shape index (κ2) is 10.2. The van der Waals surface area contributed by atoms with Crippen LogP contribution in [0.3, 0.4) is 0 Å². The molecule has 0 fully saturated rings. The number of hydrogen-bond acceptors (Lipinski definition) is 5. The number of aryl methyl sites for hydroxylation is 2. The van der Waals surface area contributed by atoms with Gasteiger partial charge in [0.25, 0.3) is 0 Å². The van der Waals surface area contributed by atoms with Crippen molar-refractivity contribution < 1.29 is 18.7 Å². The average molecular weight is 524 g/mol. The second-order valence-electron chi connectivity index (χ2n) is 10.1. The summed E-state index contributed by atoms with van der Waals surface area (Å²) >= 11 is 6.23. The van der Waals surface area contributed by atoms with Gasteiger partial charge in [0.15, 0.2) is 6.10 Å². The van der Waals surface area contributed by atoms with E-state index in [1.54, 1.807) is 6.07 Å². The van der Waals surface area contributed by atoms with Crippen molar-refractivity contribution in [2.75, 3.05) is 7.11 Å². The van der Waals surface area contributed by atoms with Gasteiger partial charge in [-0.15, -0.1) is 0 Å². The summed E-state index contributed by atoms with van der Waals surface area (Å²) < 4.78 is 27.0. The first-order chi connectivity index (χ1) is 17.4. The van der Waals surface area contributed by atoms with Crippen LogP contribution in [0, 0.1) is 26.7 Å². The van der Waals surface area contributed by atoms with Crippen LogP contribution in [-0.4, -0.2) is 33.2 Å². The average Bonchev–Trinajstić information content (AvgIpc) is 3.07. The highest BCUT2D eigenvalue weighted by Crippen LogP contribution is 2.42. The highest BCUT2D eigenvalue weighted by Gasteiger charge is 2.34. The molecular formula is C29H31ClFN3O3. The summed E-state index contributed by atoms with van der Waals surface area (Å²) in [5.41, 5.74) is 6.03. The lowest BCUT2D eigenvalue weighted by molar-refractivity contribution is -0.164. The molecule has 1 unspecified atom stereocenters. The largest absolute Gasteiger partial charge is 0.467 e. The minimum absolute atomic E-state index is 0.466. The smallest absolute Gasteiger partial charge is 0.339 e. The van der Waals surface area contributed by atoms with E-state index in [1.165, 1.54) is 19.4 Å². The first-order valence-corrected chi connectivity index (χ1v) is 12.4. The summed E-state index contributed by atoms with van der Waals surface area (Å²) in [6.45, 7) is 12.1. The highest BCUT2D eigenvalue weighted by molar-refractivity contribution is 6.30. The van der Waals surface area contributed by atoms with E-state index in [4.69, 9.17) is 26.1 Å². The molecule has 0 aliphatic carbocycles. The Kier molecular flexibility index (Phi) is 7.40. The fourth-order valence-corrected chi connectivity index (χ4v) is 4.72. The van der Waals surface area contributed by atoms with Gasteiger partial charge < -0.3 is 14.0 Å². The number of nitrogens with zero attached hydrogens (tertiary/aromatic N) is 3. The molecule has 0 spiro atoms. The number of esters is 1. The number of hydrogen-bond donors (Lipinski definition) is 0. The highest BCUT2D eigenvalue weighted by atomic mass is 35.5. The first kappa shape index (κ1) is 26.8. The molecule has 0 saturated heterocycles. The number of rotatable bonds is 6. The fourth-order valence-electron chi connectivity index (χ4n) is 4.59. The van der Waals surface area contributed by atoms with Gasteiger partial charge in [-0.2, -0.15) is 4.39 Å². The zero-order chi connectivity index (χ0) is 27.1. The SMILES string of the molecule is COC(=O)C(OC(C)(C)C)c1c(C)nc2c(c(C)c(C)n2Cc2ccc(F)nc2)c1-c1ccc(Cl)cc1. The van der Waals surface area contributed by atoms with Crippen molar-refractivity contribution in [2.45, 2.75) is 59.8 Å². The van der Waals surface area contributed by atoms with Crippen molar-refractivity contribution in [3.8, 4) is 11.1 Å². The molecule has 8 heteroatoms. The summed E-state index contributed by atoms with van der Waals surface area (Å²) in [6, 6.07) is 10.6. The quantitative estimate of drug-likeness (QED) is 0.203. The molecule has 1 aromatic carbocycles. The zero-order valence-electron chi connectivity index (χ0n) is 22.1. The van der Waals surface area contributed by atoms with Gasteiger partial charge in [0, 0.05) is 39.1 Å². The Morgan fingerprint density at radius 2 is 1.78 bits per heavy atom. The number of methoxy groups -OCH3 is 1. The van der Waals surface area contributed by atoms with Crippen LogP contribution in [0.25, 0.3) is 22.2 Å².